The van der Waals surface area contributed by atoms with Crippen LogP contribution in [0.25, 0.3) is 0 Å². The number of esters is 2. The first-order valence-electron chi connectivity index (χ1n) is 12.1. The Balaban J connectivity index is 1.32. The molecule has 0 atom stereocenters. The monoisotopic (exact) mass is 527 g/mol. The second-order valence-electron chi connectivity index (χ2n) is 9.20. The van der Waals surface area contributed by atoms with E-state index in [9.17, 15) is 22.8 Å². The molecule has 1 aliphatic heterocycles. The number of fused-ring (bicyclic) bond motifs is 1. The summed E-state index contributed by atoms with van der Waals surface area (Å²) in [4.78, 5) is 36.8. The molecule has 0 unspecified atom stereocenters. The number of sulfonamides is 1. The number of ether oxygens (including phenoxy) is 2. The summed E-state index contributed by atoms with van der Waals surface area (Å²) < 4.78 is 39.3. The lowest BCUT2D eigenvalue weighted by atomic mass is 9.79. The minimum absolute atomic E-state index is 0.0525. The third-order valence-corrected chi connectivity index (χ3v) is 7.82. The zero-order valence-corrected chi connectivity index (χ0v) is 21.3. The fourth-order valence-electron chi connectivity index (χ4n) is 4.74. The van der Waals surface area contributed by atoms with E-state index in [-0.39, 0.29) is 24.3 Å². The van der Waals surface area contributed by atoms with E-state index in [1.54, 1.807) is 37.3 Å². The SMILES string of the molecule is CCOC(=O)c1ccc(NC(=O)COC(=O)CC2(CC3=NS(=O)(=O)c4ccccc4N3)CCCC2)cc1. The first kappa shape index (κ1) is 26.3. The topological polar surface area (TPSA) is 140 Å². The number of amidine groups is 1. The Kier molecular flexibility index (Phi) is 7.91. The largest absolute Gasteiger partial charge is 0.462 e. The summed E-state index contributed by atoms with van der Waals surface area (Å²) in [6, 6.07) is 12.7. The molecule has 2 N–H and O–H groups in total. The number of anilines is 2. The number of carbonyl (C=O) groups is 3. The lowest BCUT2D eigenvalue weighted by molar-refractivity contribution is -0.149. The number of carbonyl (C=O) groups excluding carboxylic acids is 3. The van der Waals surface area contributed by atoms with E-state index in [1.165, 1.54) is 18.2 Å². The molecule has 0 radical (unpaired) electrons. The summed E-state index contributed by atoms with van der Waals surface area (Å²) in [5, 5.41) is 5.72. The number of nitrogens with zero attached hydrogens (tertiary/aromatic N) is 1. The smallest absolute Gasteiger partial charge is 0.338 e. The quantitative estimate of drug-likeness (QED) is 0.468. The van der Waals surface area contributed by atoms with Crippen molar-refractivity contribution >= 4 is 45.1 Å². The van der Waals surface area contributed by atoms with Crippen LogP contribution in [-0.4, -0.2) is 45.3 Å². The van der Waals surface area contributed by atoms with Crippen molar-refractivity contribution in [2.45, 2.75) is 50.3 Å². The van der Waals surface area contributed by atoms with Crippen molar-refractivity contribution in [1.82, 2.24) is 0 Å². The van der Waals surface area contributed by atoms with E-state index in [0.717, 1.165) is 25.7 Å². The second-order valence-corrected chi connectivity index (χ2v) is 10.8. The summed E-state index contributed by atoms with van der Waals surface area (Å²) in [6.45, 7) is 1.52. The molecule has 1 amide bonds. The molecule has 1 saturated carbocycles. The van der Waals surface area contributed by atoms with Gasteiger partial charge in [-0.1, -0.05) is 25.0 Å². The molecule has 4 rings (SSSR count). The van der Waals surface area contributed by atoms with Crippen molar-refractivity contribution in [3.63, 3.8) is 0 Å². The third kappa shape index (κ3) is 6.53. The zero-order valence-electron chi connectivity index (χ0n) is 20.5. The molecule has 1 heterocycles. The van der Waals surface area contributed by atoms with E-state index in [2.05, 4.69) is 15.0 Å². The van der Waals surface area contributed by atoms with Gasteiger partial charge >= 0.3 is 11.9 Å². The van der Waals surface area contributed by atoms with Crippen molar-refractivity contribution in [1.29, 1.82) is 0 Å². The molecule has 2 aliphatic rings. The molecule has 0 saturated heterocycles. The highest BCUT2D eigenvalue weighted by molar-refractivity contribution is 7.90. The predicted molar refractivity (Wildman–Crippen MR) is 137 cm³/mol. The van der Waals surface area contributed by atoms with Gasteiger partial charge in [0, 0.05) is 12.1 Å². The Morgan fingerprint density at radius 2 is 1.73 bits per heavy atom. The van der Waals surface area contributed by atoms with Gasteiger partial charge in [0.05, 0.1) is 24.3 Å². The summed E-state index contributed by atoms with van der Waals surface area (Å²) in [5.41, 5.74) is 0.783. The van der Waals surface area contributed by atoms with Crippen LogP contribution in [0.4, 0.5) is 11.4 Å². The highest BCUT2D eigenvalue weighted by atomic mass is 32.2. The average molecular weight is 528 g/mol. The molecule has 2 aromatic rings. The van der Waals surface area contributed by atoms with Gasteiger partial charge in [0.25, 0.3) is 15.9 Å². The summed E-state index contributed by atoms with van der Waals surface area (Å²) in [5.74, 6) is -1.20. The predicted octanol–water partition coefficient (Wildman–Crippen LogP) is 3.90. The van der Waals surface area contributed by atoms with Crippen LogP contribution in [0.3, 0.4) is 0 Å². The molecule has 10 nitrogen and oxygen atoms in total. The Morgan fingerprint density at radius 1 is 1.03 bits per heavy atom. The van der Waals surface area contributed by atoms with Gasteiger partial charge in [-0.2, -0.15) is 8.42 Å². The lowest BCUT2D eigenvalue weighted by Gasteiger charge is -2.30. The van der Waals surface area contributed by atoms with Gasteiger partial charge in [-0.3, -0.25) is 9.59 Å². The average Bonchev–Trinajstić information content (AvgIpc) is 3.30. The molecular weight excluding hydrogens is 498 g/mol. The minimum atomic E-state index is -3.82. The summed E-state index contributed by atoms with van der Waals surface area (Å²) >= 11 is 0. The molecule has 1 fully saturated rings. The normalized spacial score (nSPS) is 17.1. The molecular formula is C26H29N3O7S. The molecule has 0 spiro atoms. The Bertz CT molecular complexity index is 1310. The van der Waals surface area contributed by atoms with Crippen molar-refractivity contribution in [2.24, 2.45) is 9.81 Å². The van der Waals surface area contributed by atoms with Crippen molar-refractivity contribution in [3.8, 4) is 0 Å². The molecule has 11 heteroatoms. The van der Waals surface area contributed by atoms with Gasteiger partial charge in [0.1, 0.15) is 10.7 Å². The number of para-hydroxylation sites is 1. The van der Waals surface area contributed by atoms with E-state index in [0.29, 0.717) is 22.8 Å². The van der Waals surface area contributed by atoms with Crippen molar-refractivity contribution in [2.75, 3.05) is 23.8 Å². The van der Waals surface area contributed by atoms with Crippen LogP contribution in [0.5, 0.6) is 0 Å². The van der Waals surface area contributed by atoms with Crippen LogP contribution in [0, 0.1) is 5.41 Å². The van der Waals surface area contributed by atoms with E-state index < -0.39 is 39.9 Å². The van der Waals surface area contributed by atoms with Gasteiger partial charge < -0.3 is 20.1 Å². The number of amides is 1. The van der Waals surface area contributed by atoms with Gasteiger partial charge in [0.15, 0.2) is 6.61 Å². The van der Waals surface area contributed by atoms with Gasteiger partial charge in [0.2, 0.25) is 0 Å². The zero-order chi connectivity index (χ0) is 26.5. The summed E-state index contributed by atoms with van der Waals surface area (Å²) in [7, 11) is -3.82. The number of benzene rings is 2. The molecule has 37 heavy (non-hydrogen) atoms. The van der Waals surface area contributed by atoms with E-state index in [1.807, 2.05) is 0 Å². The molecule has 196 valence electrons. The number of nitrogens with one attached hydrogen (secondary N) is 2. The van der Waals surface area contributed by atoms with E-state index in [4.69, 9.17) is 9.47 Å². The fourth-order valence-corrected chi connectivity index (χ4v) is 5.89. The highest BCUT2D eigenvalue weighted by Gasteiger charge is 2.39. The summed E-state index contributed by atoms with van der Waals surface area (Å²) in [6.07, 6.45) is 3.61. The van der Waals surface area contributed by atoms with Crippen molar-refractivity contribution in [3.05, 3.63) is 54.1 Å². The Labute approximate surface area is 215 Å². The van der Waals surface area contributed by atoms with E-state index >= 15 is 0 Å². The van der Waals surface area contributed by atoms with Crippen LogP contribution < -0.4 is 10.6 Å². The second kappa shape index (κ2) is 11.1. The molecule has 2 aromatic carbocycles. The number of rotatable bonds is 9. The standard InChI is InChI=1S/C26H29N3O7S/c1-2-35-25(32)18-9-11-19(12-10-18)27-23(30)17-36-24(31)16-26(13-5-6-14-26)15-22-28-20-7-3-4-8-21(20)37(33,34)29-22/h3-4,7-12H,2,5-6,13-17H2,1H3,(H,27,30)(H,28,29). The van der Waals surface area contributed by atoms with Crippen LogP contribution in [0.2, 0.25) is 0 Å². The van der Waals surface area contributed by atoms with Gasteiger partial charge in [-0.05, 0) is 61.6 Å². The first-order chi connectivity index (χ1) is 17.7. The number of hydrogen-bond donors (Lipinski definition) is 2. The maximum absolute atomic E-state index is 12.7. The van der Waals surface area contributed by atoms with Gasteiger partial charge in [-0.25, -0.2) is 4.79 Å². The fraction of sp³-hybridized carbons (Fsp3) is 0.385. The Hall–Kier alpha value is -3.73. The lowest BCUT2D eigenvalue weighted by Crippen LogP contribution is -2.32. The maximum Gasteiger partial charge on any atom is 0.338 e. The molecule has 0 bridgehead atoms. The number of hydrogen-bond acceptors (Lipinski definition) is 8. The van der Waals surface area contributed by atoms with Crippen LogP contribution in [0.1, 0.15) is 55.8 Å². The Morgan fingerprint density at radius 3 is 2.43 bits per heavy atom. The minimum Gasteiger partial charge on any atom is -0.462 e. The van der Waals surface area contributed by atoms with Crippen molar-refractivity contribution < 1.29 is 32.3 Å². The first-order valence-corrected chi connectivity index (χ1v) is 13.6. The van der Waals surface area contributed by atoms with Crippen LogP contribution in [-0.2, 0) is 29.1 Å². The third-order valence-electron chi connectivity index (χ3n) is 6.44. The maximum atomic E-state index is 12.7. The van der Waals surface area contributed by atoms with Gasteiger partial charge in [-0.15, -0.1) is 4.40 Å². The highest BCUT2D eigenvalue weighted by Crippen LogP contribution is 2.45. The molecule has 1 aliphatic carbocycles. The van der Waals surface area contributed by atoms with Crippen LogP contribution >= 0.6 is 0 Å². The van der Waals surface area contributed by atoms with Crippen LogP contribution in [0.15, 0.2) is 57.8 Å². The molecule has 0 aromatic heterocycles.